The zero-order chi connectivity index (χ0) is 10.2. The number of carbonyl (C=O) groups is 1. The Labute approximate surface area is 88.1 Å². The van der Waals surface area contributed by atoms with Gasteiger partial charge < -0.3 is 9.84 Å². The summed E-state index contributed by atoms with van der Waals surface area (Å²) in [5, 5.41) is 9.17. The Balaban J connectivity index is 1.71. The van der Waals surface area contributed by atoms with Gasteiger partial charge in [-0.15, -0.1) is 0 Å². The summed E-state index contributed by atoms with van der Waals surface area (Å²) in [7, 11) is 0. The maximum atomic E-state index is 11.1. The van der Waals surface area contributed by atoms with E-state index in [1.54, 1.807) is 0 Å². The molecule has 1 N–H and O–H groups in total. The molecule has 0 aromatic carbocycles. The highest BCUT2D eigenvalue weighted by Crippen LogP contribution is 2.62. The minimum absolute atomic E-state index is 0.0902. The fraction of sp³-hybridized carbons (Fsp3) is 0.750. The molecule has 2 aliphatic carbocycles. The zero-order valence-corrected chi connectivity index (χ0v) is 8.37. The summed E-state index contributed by atoms with van der Waals surface area (Å²) in [4.78, 5) is 11.1. The first-order valence-corrected chi connectivity index (χ1v) is 5.82. The first kappa shape index (κ1) is 8.34. The smallest absolute Gasteiger partial charge is 0.306 e. The molecule has 0 spiro atoms. The lowest BCUT2D eigenvalue weighted by Crippen LogP contribution is -2.36. The van der Waals surface area contributed by atoms with Crippen LogP contribution in [-0.4, -0.2) is 23.3 Å². The lowest BCUT2D eigenvalue weighted by Gasteiger charge is -2.32. The Morgan fingerprint density at radius 3 is 2.67 bits per heavy atom. The largest absolute Gasteiger partial charge is 0.481 e. The van der Waals surface area contributed by atoms with Gasteiger partial charge in [-0.2, -0.15) is 0 Å². The molecule has 2 heterocycles. The summed E-state index contributed by atoms with van der Waals surface area (Å²) in [6.45, 7) is 0. The Morgan fingerprint density at radius 2 is 1.93 bits per heavy atom. The van der Waals surface area contributed by atoms with Crippen molar-refractivity contribution < 1.29 is 14.6 Å². The molecule has 4 bridgehead atoms. The molecule has 3 heteroatoms. The van der Waals surface area contributed by atoms with Gasteiger partial charge in [0.2, 0.25) is 0 Å². The van der Waals surface area contributed by atoms with E-state index in [9.17, 15) is 4.79 Å². The van der Waals surface area contributed by atoms with Crippen molar-refractivity contribution in [2.75, 3.05) is 0 Å². The van der Waals surface area contributed by atoms with E-state index in [2.05, 4.69) is 12.2 Å². The van der Waals surface area contributed by atoms with Gasteiger partial charge in [0.25, 0.3) is 0 Å². The number of fused-ring (bicyclic) bond motifs is 9. The highest BCUT2D eigenvalue weighted by molar-refractivity contribution is 5.71. The number of rotatable bonds is 1. The Bertz CT molecular complexity index is 362. The van der Waals surface area contributed by atoms with E-state index < -0.39 is 5.97 Å². The molecule has 2 aliphatic heterocycles. The molecule has 1 saturated heterocycles. The normalized spacial score (nSPS) is 58.8. The van der Waals surface area contributed by atoms with Gasteiger partial charge in [-0.05, 0) is 36.5 Å². The van der Waals surface area contributed by atoms with Crippen LogP contribution in [0.25, 0.3) is 0 Å². The van der Waals surface area contributed by atoms with Crippen molar-refractivity contribution in [1.29, 1.82) is 0 Å². The van der Waals surface area contributed by atoms with Gasteiger partial charge in [0.1, 0.15) is 0 Å². The minimum Gasteiger partial charge on any atom is -0.481 e. The summed E-state index contributed by atoms with van der Waals surface area (Å²) < 4.78 is 5.84. The molecule has 0 aromatic rings. The predicted molar refractivity (Wildman–Crippen MR) is 52.1 cm³/mol. The van der Waals surface area contributed by atoms with Crippen LogP contribution in [0, 0.1) is 29.6 Å². The van der Waals surface area contributed by atoms with E-state index >= 15 is 0 Å². The van der Waals surface area contributed by atoms with Crippen LogP contribution < -0.4 is 0 Å². The molecule has 0 amide bonds. The van der Waals surface area contributed by atoms with Gasteiger partial charge in [-0.3, -0.25) is 4.79 Å². The SMILES string of the molecule is O=C(O)C1CC2CC1C1C3C=CC(O3)C21. The first-order chi connectivity index (χ1) is 7.25. The fourth-order valence-electron chi connectivity index (χ4n) is 4.61. The van der Waals surface area contributed by atoms with E-state index in [0.29, 0.717) is 29.8 Å². The van der Waals surface area contributed by atoms with Gasteiger partial charge in [0.15, 0.2) is 0 Å². The molecular formula is C12H14O3. The average Bonchev–Trinajstić information content (AvgIpc) is 2.95. The molecule has 7 atom stereocenters. The summed E-state index contributed by atoms with van der Waals surface area (Å²) >= 11 is 0. The van der Waals surface area contributed by atoms with Gasteiger partial charge >= 0.3 is 5.97 Å². The average molecular weight is 206 g/mol. The van der Waals surface area contributed by atoms with Crippen molar-refractivity contribution in [2.24, 2.45) is 29.6 Å². The van der Waals surface area contributed by atoms with Crippen LogP contribution in [0.3, 0.4) is 0 Å². The van der Waals surface area contributed by atoms with Crippen LogP contribution in [0.5, 0.6) is 0 Å². The van der Waals surface area contributed by atoms with Crippen LogP contribution in [0.1, 0.15) is 12.8 Å². The molecule has 3 nitrogen and oxygen atoms in total. The van der Waals surface area contributed by atoms with Gasteiger partial charge in [0.05, 0.1) is 18.1 Å². The van der Waals surface area contributed by atoms with Crippen molar-refractivity contribution in [2.45, 2.75) is 25.0 Å². The monoisotopic (exact) mass is 206 g/mol. The van der Waals surface area contributed by atoms with E-state index in [-0.39, 0.29) is 12.0 Å². The molecule has 2 saturated carbocycles. The second-order valence-corrected chi connectivity index (χ2v) is 5.44. The quantitative estimate of drug-likeness (QED) is 0.658. The highest BCUT2D eigenvalue weighted by Gasteiger charge is 2.63. The van der Waals surface area contributed by atoms with Crippen LogP contribution in [0.15, 0.2) is 12.2 Å². The van der Waals surface area contributed by atoms with E-state index in [1.165, 1.54) is 0 Å². The summed E-state index contributed by atoms with van der Waals surface area (Å²) in [5.41, 5.74) is 0. The third-order valence-electron chi connectivity index (χ3n) is 5.01. The minimum atomic E-state index is -0.590. The number of aliphatic carboxylic acids is 1. The maximum absolute atomic E-state index is 11.1. The summed E-state index contributed by atoms with van der Waals surface area (Å²) in [6, 6.07) is 0. The van der Waals surface area contributed by atoms with E-state index in [4.69, 9.17) is 9.84 Å². The van der Waals surface area contributed by atoms with Crippen LogP contribution in [-0.2, 0) is 9.53 Å². The molecule has 4 aliphatic rings. The molecule has 15 heavy (non-hydrogen) atoms. The van der Waals surface area contributed by atoms with Crippen LogP contribution >= 0.6 is 0 Å². The standard InChI is InChI=1S/C12H14O3/c13-12(14)7-4-5-3-6(7)11-9-2-1-8(15-9)10(5)11/h1-2,5-11H,3-4H2,(H,13,14). The van der Waals surface area contributed by atoms with Crippen LogP contribution in [0.2, 0.25) is 0 Å². The van der Waals surface area contributed by atoms with Crippen molar-refractivity contribution in [1.82, 2.24) is 0 Å². The van der Waals surface area contributed by atoms with Crippen molar-refractivity contribution in [3.63, 3.8) is 0 Å². The Hall–Kier alpha value is -0.830. The molecule has 7 unspecified atom stereocenters. The van der Waals surface area contributed by atoms with Gasteiger partial charge in [-0.1, -0.05) is 12.2 Å². The molecule has 3 fully saturated rings. The molecule has 0 radical (unpaired) electrons. The fourth-order valence-corrected chi connectivity index (χ4v) is 4.61. The topological polar surface area (TPSA) is 46.5 Å². The summed E-state index contributed by atoms with van der Waals surface area (Å²) in [5.74, 6) is 1.47. The number of carboxylic acids is 1. The van der Waals surface area contributed by atoms with E-state index in [0.717, 1.165) is 12.8 Å². The maximum Gasteiger partial charge on any atom is 0.306 e. The number of carboxylic acid groups (broad SMARTS) is 1. The summed E-state index contributed by atoms with van der Waals surface area (Å²) in [6.07, 6.45) is 6.89. The van der Waals surface area contributed by atoms with Crippen LogP contribution in [0.4, 0.5) is 0 Å². The van der Waals surface area contributed by atoms with Gasteiger partial charge in [0, 0.05) is 0 Å². The Kier molecular flexibility index (Phi) is 1.37. The molecule has 80 valence electrons. The third kappa shape index (κ3) is 0.842. The highest BCUT2D eigenvalue weighted by atomic mass is 16.5. The van der Waals surface area contributed by atoms with E-state index in [1.807, 2.05) is 0 Å². The predicted octanol–water partition coefficient (Wildman–Crippen LogP) is 1.30. The van der Waals surface area contributed by atoms with Crippen molar-refractivity contribution in [3.8, 4) is 0 Å². The molecular weight excluding hydrogens is 192 g/mol. The second kappa shape index (κ2) is 2.46. The van der Waals surface area contributed by atoms with Crippen molar-refractivity contribution >= 4 is 5.97 Å². The number of hydrogen-bond donors (Lipinski definition) is 1. The van der Waals surface area contributed by atoms with Gasteiger partial charge in [-0.25, -0.2) is 0 Å². The molecule has 4 rings (SSSR count). The number of hydrogen-bond acceptors (Lipinski definition) is 2. The first-order valence-electron chi connectivity index (χ1n) is 5.82. The zero-order valence-electron chi connectivity index (χ0n) is 8.37. The molecule has 0 aromatic heterocycles. The second-order valence-electron chi connectivity index (χ2n) is 5.44. The third-order valence-corrected chi connectivity index (χ3v) is 5.01. The number of ether oxygens (including phenoxy) is 1. The lowest BCUT2D eigenvalue weighted by atomic mass is 9.69. The van der Waals surface area contributed by atoms with Crippen molar-refractivity contribution in [3.05, 3.63) is 12.2 Å². The Morgan fingerprint density at radius 1 is 1.20 bits per heavy atom. The lowest BCUT2D eigenvalue weighted by molar-refractivity contribution is -0.144.